The van der Waals surface area contributed by atoms with Crippen LogP contribution in [0, 0.1) is 0 Å². The van der Waals surface area contributed by atoms with Crippen LogP contribution in [0.3, 0.4) is 0 Å². The van der Waals surface area contributed by atoms with Gasteiger partial charge in [0.15, 0.2) is 0 Å². The minimum Gasteiger partial charge on any atom is -0.411 e. The van der Waals surface area contributed by atoms with Gasteiger partial charge in [-0.3, -0.25) is 0 Å². The van der Waals surface area contributed by atoms with E-state index in [1.165, 1.54) is 12.6 Å². The molecule has 0 aromatic heterocycles. The average molecular weight is 169 g/mol. The van der Waals surface area contributed by atoms with Gasteiger partial charge in [-0.1, -0.05) is 11.2 Å². The zero-order chi connectivity index (χ0) is 8.86. The lowest BCUT2D eigenvalue weighted by atomic mass is 9.77. The van der Waals surface area contributed by atoms with Gasteiger partial charge >= 0.3 is 0 Å². The highest BCUT2D eigenvalue weighted by Gasteiger charge is 2.36. The van der Waals surface area contributed by atoms with E-state index in [0.717, 1.165) is 19.3 Å². The second kappa shape index (κ2) is 4.26. The van der Waals surface area contributed by atoms with E-state index in [2.05, 4.69) is 11.7 Å². The molecule has 0 saturated heterocycles. The average Bonchev–Trinajstić information content (AvgIpc) is 2.00. The van der Waals surface area contributed by atoms with Crippen LogP contribution in [0.1, 0.15) is 25.7 Å². The summed E-state index contributed by atoms with van der Waals surface area (Å²) in [6, 6.07) is 0. The van der Waals surface area contributed by atoms with Crippen molar-refractivity contribution >= 4 is 6.21 Å². The van der Waals surface area contributed by atoms with E-state index in [4.69, 9.17) is 9.94 Å². The minimum absolute atomic E-state index is 0.00292. The van der Waals surface area contributed by atoms with Gasteiger partial charge in [-0.2, -0.15) is 0 Å². The molecule has 0 aromatic rings. The number of rotatable bonds is 5. The normalized spacial score (nSPS) is 20.7. The van der Waals surface area contributed by atoms with Crippen molar-refractivity contribution in [2.45, 2.75) is 31.3 Å². The van der Waals surface area contributed by atoms with Crippen molar-refractivity contribution in [3.8, 4) is 0 Å². The van der Waals surface area contributed by atoms with Gasteiger partial charge in [-0.15, -0.1) is 6.58 Å². The molecule has 0 amide bonds. The maximum Gasteiger partial charge on any atom is 0.0859 e. The summed E-state index contributed by atoms with van der Waals surface area (Å²) in [7, 11) is 0. The Balaban J connectivity index is 2.29. The fourth-order valence-electron chi connectivity index (χ4n) is 1.49. The van der Waals surface area contributed by atoms with E-state index in [9.17, 15) is 0 Å². The van der Waals surface area contributed by atoms with Crippen molar-refractivity contribution in [1.82, 2.24) is 0 Å². The molecule has 0 bridgehead atoms. The molecule has 3 nitrogen and oxygen atoms in total. The Morgan fingerprint density at radius 3 is 2.75 bits per heavy atom. The fraction of sp³-hybridized carbons (Fsp3) is 0.667. The van der Waals surface area contributed by atoms with Gasteiger partial charge in [0, 0.05) is 0 Å². The van der Waals surface area contributed by atoms with Gasteiger partial charge in [0.05, 0.1) is 18.4 Å². The van der Waals surface area contributed by atoms with E-state index in [1.807, 2.05) is 6.08 Å². The third kappa shape index (κ3) is 2.08. The molecule has 3 heteroatoms. The van der Waals surface area contributed by atoms with Gasteiger partial charge in [0.2, 0.25) is 0 Å². The van der Waals surface area contributed by atoms with Crippen molar-refractivity contribution in [2.24, 2.45) is 5.16 Å². The quantitative estimate of drug-likeness (QED) is 0.296. The van der Waals surface area contributed by atoms with E-state index < -0.39 is 0 Å². The van der Waals surface area contributed by atoms with Crippen molar-refractivity contribution in [2.75, 3.05) is 6.61 Å². The Morgan fingerprint density at radius 1 is 1.58 bits per heavy atom. The van der Waals surface area contributed by atoms with Gasteiger partial charge in [-0.05, 0) is 25.7 Å². The highest BCUT2D eigenvalue weighted by molar-refractivity contribution is 5.57. The number of ether oxygens (including phenoxy) is 1. The molecule has 0 unspecified atom stereocenters. The minimum atomic E-state index is 0.00292. The van der Waals surface area contributed by atoms with Crippen molar-refractivity contribution in [3.63, 3.8) is 0 Å². The summed E-state index contributed by atoms with van der Waals surface area (Å²) >= 11 is 0. The van der Waals surface area contributed by atoms with Crippen LogP contribution in [0.15, 0.2) is 17.8 Å². The van der Waals surface area contributed by atoms with Crippen LogP contribution in [0.25, 0.3) is 0 Å². The Bertz CT molecular complexity index is 173. The fourth-order valence-corrected chi connectivity index (χ4v) is 1.49. The summed E-state index contributed by atoms with van der Waals surface area (Å²) in [6.07, 6.45) is 7.56. The molecule has 0 heterocycles. The SMILES string of the molecule is C=CCC1(OCC=NO)CCC1. The number of hydrogen-bond donors (Lipinski definition) is 1. The van der Waals surface area contributed by atoms with Gasteiger partial charge in [-0.25, -0.2) is 0 Å². The summed E-state index contributed by atoms with van der Waals surface area (Å²) in [4.78, 5) is 0. The zero-order valence-electron chi connectivity index (χ0n) is 7.20. The first kappa shape index (κ1) is 9.26. The summed E-state index contributed by atoms with van der Waals surface area (Å²) in [5, 5.41) is 11.0. The van der Waals surface area contributed by atoms with Crippen molar-refractivity contribution in [3.05, 3.63) is 12.7 Å². The number of nitrogens with zero attached hydrogens (tertiary/aromatic N) is 1. The van der Waals surface area contributed by atoms with Crippen LogP contribution in [-0.4, -0.2) is 23.6 Å². The molecule has 1 fully saturated rings. The van der Waals surface area contributed by atoms with Gasteiger partial charge in [0.1, 0.15) is 0 Å². The molecular formula is C9H15NO2. The summed E-state index contributed by atoms with van der Waals surface area (Å²) in [5.41, 5.74) is 0.00292. The first-order valence-corrected chi connectivity index (χ1v) is 4.24. The molecule has 0 aromatic carbocycles. The smallest absolute Gasteiger partial charge is 0.0859 e. The standard InChI is InChI=1S/C9H15NO2/c1-2-4-9(5-3-6-9)12-8-7-10-11/h2,7,11H,1,3-6,8H2. The Kier molecular flexibility index (Phi) is 3.29. The van der Waals surface area contributed by atoms with Crippen molar-refractivity contribution < 1.29 is 9.94 Å². The van der Waals surface area contributed by atoms with Crippen LogP contribution in [0.5, 0.6) is 0 Å². The van der Waals surface area contributed by atoms with Crippen LogP contribution >= 0.6 is 0 Å². The van der Waals surface area contributed by atoms with Gasteiger partial charge < -0.3 is 9.94 Å². The molecule has 0 radical (unpaired) electrons. The monoisotopic (exact) mass is 169 g/mol. The maximum absolute atomic E-state index is 8.15. The lowest BCUT2D eigenvalue weighted by molar-refractivity contribution is -0.0805. The van der Waals surface area contributed by atoms with Crippen LogP contribution in [0.4, 0.5) is 0 Å². The molecule has 1 N–H and O–H groups in total. The number of oxime groups is 1. The lowest BCUT2D eigenvalue weighted by Crippen LogP contribution is -2.40. The van der Waals surface area contributed by atoms with Gasteiger partial charge in [0.25, 0.3) is 0 Å². The molecule has 1 saturated carbocycles. The van der Waals surface area contributed by atoms with E-state index in [-0.39, 0.29) is 5.60 Å². The van der Waals surface area contributed by atoms with Crippen LogP contribution < -0.4 is 0 Å². The molecular weight excluding hydrogens is 154 g/mol. The third-order valence-electron chi connectivity index (χ3n) is 2.33. The largest absolute Gasteiger partial charge is 0.411 e. The molecule has 0 spiro atoms. The predicted octanol–water partition coefficient (Wildman–Crippen LogP) is 1.96. The molecule has 0 aliphatic heterocycles. The Labute approximate surface area is 72.7 Å². The zero-order valence-corrected chi connectivity index (χ0v) is 7.20. The predicted molar refractivity (Wildman–Crippen MR) is 47.6 cm³/mol. The van der Waals surface area contributed by atoms with E-state index in [0.29, 0.717) is 6.61 Å². The second-order valence-electron chi connectivity index (χ2n) is 3.14. The molecule has 0 atom stereocenters. The molecule has 12 heavy (non-hydrogen) atoms. The molecule has 1 aliphatic rings. The third-order valence-corrected chi connectivity index (χ3v) is 2.33. The van der Waals surface area contributed by atoms with E-state index in [1.54, 1.807) is 0 Å². The topological polar surface area (TPSA) is 41.8 Å². The highest BCUT2D eigenvalue weighted by atomic mass is 16.5. The first-order chi connectivity index (χ1) is 5.83. The molecule has 68 valence electrons. The summed E-state index contributed by atoms with van der Waals surface area (Å²) in [6.45, 7) is 4.09. The summed E-state index contributed by atoms with van der Waals surface area (Å²) < 4.78 is 5.57. The number of hydrogen-bond acceptors (Lipinski definition) is 3. The maximum atomic E-state index is 8.15. The molecule has 1 rings (SSSR count). The van der Waals surface area contributed by atoms with E-state index >= 15 is 0 Å². The lowest BCUT2D eigenvalue weighted by Gasteiger charge is -2.40. The van der Waals surface area contributed by atoms with Crippen LogP contribution in [-0.2, 0) is 4.74 Å². The second-order valence-corrected chi connectivity index (χ2v) is 3.14. The molecule has 1 aliphatic carbocycles. The first-order valence-electron chi connectivity index (χ1n) is 4.24. The van der Waals surface area contributed by atoms with Crippen LogP contribution in [0.2, 0.25) is 0 Å². The summed E-state index contributed by atoms with van der Waals surface area (Å²) in [5.74, 6) is 0. The highest BCUT2D eigenvalue weighted by Crippen LogP contribution is 2.38. The Morgan fingerprint density at radius 2 is 2.33 bits per heavy atom. The Hall–Kier alpha value is -0.830. The van der Waals surface area contributed by atoms with Crippen molar-refractivity contribution in [1.29, 1.82) is 0 Å².